The summed E-state index contributed by atoms with van der Waals surface area (Å²) in [6, 6.07) is 1.62. The second kappa shape index (κ2) is 7.49. The van der Waals surface area contributed by atoms with Crippen molar-refractivity contribution in [2.75, 3.05) is 20.1 Å². The molecule has 0 aromatic heterocycles. The summed E-state index contributed by atoms with van der Waals surface area (Å²) in [5.41, 5.74) is 0. The van der Waals surface area contributed by atoms with E-state index in [4.69, 9.17) is 0 Å². The molecule has 0 amide bonds. The van der Waals surface area contributed by atoms with Gasteiger partial charge in [-0.1, -0.05) is 32.6 Å². The summed E-state index contributed by atoms with van der Waals surface area (Å²) in [7, 11) is 2.36. The van der Waals surface area contributed by atoms with E-state index in [0.717, 1.165) is 18.0 Å². The Morgan fingerprint density at radius 2 is 1.72 bits per heavy atom. The summed E-state index contributed by atoms with van der Waals surface area (Å²) >= 11 is 0. The van der Waals surface area contributed by atoms with Crippen LogP contribution in [-0.2, 0) is 0 Å². The van der Waals surface area contributed by atoms with Crippen LogP contribution in [0.1, 0.15) is 64.7 Å². The van der Waals surface area contributed by atoms with Crippen LogP contribution >= 0.6 is 0 Å². The number of nitrogens with zero attached hydrogens (tertiary/aromatic N) is 1. The third-order valence-corrected chi connectivity index (χ3v) is 4.78. The fourth-order valence-corrected chi connectivity index (χ4v) is 3.37. The molecular weight excluding hydrogens is 220 g/mol. The van der Waals surface area contributed by atoms with Gasteiger partial charge in [-0.3, -0.25) is 0 Å². The molecule has 18 heavy (non-hydrogen) atoms. The highest BCUT2D eigenvalue weighted by atomic mass is 15.2. The second-order valence-electron chi connectivity index (χ2n) is 6.48. The molecular formula is C16H32N2. The van der Waals surface area contributed by atoms with Crippen molar-refractivity contribution in [2.24, 2.45) is 5.92 Å². The van der Waals surface area contributed by atoms with E-state index in [2.05, 4.69) is 24.2 Å². The molecule has 0 radical (unpaired) electrons. The summed E-state index contributed by atoms with van der Waals surface area (Å²) in [6.07, 6.45) is 12.9. The van der Waals surface area contributed by atoms with Crippen molar-refractivity contribution < 1.29 is 0 Å². The Balaban J connectivity index is 1.77. The lowest BCUT2D eigenvalue weighted by Gasteiger charge is -2.31. The first kappa shape index (κ1) is 14.3. The predicted octanol–water partition coefficient (Wildman–Crippen LogP) is 3.42. The molecule has 2 saturated carbocycles. The smallest absolute Gasteiger partial charge is 0.0223 e. The highest BCUT2D eigenvalue weighted by molar-refractivity contribution is 4.89. The molecule has 0 bridgehead atoms. The van der Waals surface area contributed by atoms with Gasteiger partial charge in [0.25, 0.3) is 0 Å². The number of hydrogen-bond donors (Lipinski definition) is 1. The standard InChI is InChI=1S/C16H32N2/c1-3-12-17-16(14-10-11-14)13-18(2)15-8-6-4-5-7-9-15/h14-17H,3-13H2,1-2H3. The molecule has 2 aliphatic carbocycles. The van der Waals surface area contributed by atoms with Crippen molar-refractivity contribution in [3.05, 3.63) is 0 Å². The molecule has 0 heterocycles. The summed E-state index contributed by atoms with van der Waals surface area (Å²) in [6.45, 7) is 4.74. The first-order chi connectivity index (χ1) is 8.81. The molecule has 2 nitrogen and oxygen atoms in total. The molecule has 1 atom stereocenters. The minimum absolute atomic E-state index is 0.762. The highest BCUT2D eigenvalue weighted by Gasteiger charge is 2.32. The minimum atomic E-state index is 0.762. The second-order valence-corrected chi connectivity index (χ2v) is 6.48. The molecule has 106 valence electrons. The average molecular weight is 252 g/mol. The van der Waals surface area contributed by atoms with Gasteiger partial charge in [0.2, 0.25) is 0 Å². The van der Waals surface area contributed by atoms with Crippen LogP contribution < -0.4 is 5.32 Å². The lowest BCUT2D eigenvalue weighted by Crippen LogP contribution is -2.45. The zero-order chi connectivity index (χ0) is 12.8. The largest absolute Gasteiger partial charge is 0.312 e. The van der Waals surface area contributed by atoms with E-state index >= 15 is 0 Å². The third-order valence-electron chi connectivity index (χ3n) is 4.78. The van der Waals surface area contributed by atoms with Crippen molar-refractivity contribution in [3.63, 3.8) is 0 Å². The van der Waals surface area contributed by atoms with Crippen LogP contribution in [0.4, 0.5) is 0 Å². The van der Waals surface area contributed by atoms with E-state index in [1.807, 2.05) is 0 Å². The first-order valence-electron chi connectivity index (χ1n) is 8.25. The van der Waals surface area contributed by atoms with E-state index in [1.165, 1.54) is 70.9 Å². The summed E-state index contributed by atoms with van der Waals surface area (Å²) in [5, 5.41) is 3.78. The summed E-state index contributed by atoms with van der Waals surface area (Å²) in [5.74, 6) is 0.977. The Morgan fingerprint density at radius 1 is 1.06 bits per heavy atom. The van der Waals surface area contributed by atoms with E-state index in [0.29, 0.717) is 0 Å². The average Bonchev–Trinajstić information content (AvgIpc) is 3.18. The van der Waals surface area contributed by atoms with Crippen molar-refractivity contribution in [1.29, 1.82) is 0 Å². The van der Waals surface area contributed by atoms with Gasteiger partial charge in [-0.15, -0.1) is 0 Å². The van der Waals surface area contributed by atoms with Crippen LogP contribution in [0.2, 0.25) is 0 Å². The minimum Gasteiger partial charge on any atom is -0.312 e. The Bertz CT molecular complexity index is 217. The van der Waals surface area contributed by atoms with Crippen LogP contribution in [-0.4, -0.2) is 37.1 Å². The zero-order valence-corrected chi connectivity index (χ0v) is 12.5. The molecule has 0 aliphatic heterocycles. The van der Waals surface area contributed by atoms with Gasteiger partial charge in [-0.05, 0) is 51.6 Å². The lowest BCUT2D eigenvalue weighted by atomic mass is 10.1. The Labute approximate surface area is 114 Å². The number of hydrogen-bond acceptors (Lipinski definition) is 2. The molecule has 1 unspecified atom stereocenters. The SMILES string of the molecule is CCCNC(CN(C)C1CCCCCC1)C1CC1. The molecule has 0 spiro atoms. The fourth-order valence-electron chi connectivity index (χ4n) is 3.37. The molecule has 0 saturated heterocycles. The van der Waals surface area contributed by atoms with Crippen molar-refractivity contribution in [2.45, 2.75) is 76.8 Å². The van der Waals surface area contributed by atoms with Crippen LogP contribution in [0.5, 0.6) is 0 Å². The molecule has 0 aromatic rings. The highest BCUT2D eigenvalue weighted by Crippen LogP contribution is 2.33. The van der Waals surface area contributed by atoms with E-state index in [-0.39, 0.29) is 0 Å². The Hall–Kier alpha value is -0.0800. The van der Waals surface area contributed by atoms with Gasteiger partial charge >= 0.3 is 0 Å². The van der Waals surface area contributed by atoms with Gasteiger partial charge in [0.05, 0.1) is 0 Å². The molecule has 1 N–H and O–H groups in total. The maximum absolute atomic E-state index is 3.78. The van der Waals surface area contributed by atoms with Gasteiger partial charge in [-0.25, -0.2) is 0 Å². The lowest BCUT2D eigenvalue weighted by molar-refractivity contribution is 0.191. The fraction of sp³-hybridized carbons (Fsp3) is 1.00. The maximum atomic E-state index is 3.78. The number of rotatable bonds is 7. The third kappa shape index (κ3) is 4.55. The quantitative estimate of drug-likeness (QED) is 0.698. The summed E-state index contributed by atoms with van der Waals surface area (Å²) < 4.78 is 0. The Morgan fingerprint density at radius 3 is 2.28 bits per heavy atom. The monoisotopic (exact) mass is 252 g/mol. The van der Waals surface area contributed by atoms with E-state index in [1.54, 1.807) is 0 Å². The molecule has 2 heteroatoms. The number of nitrogens with one attached hydrogen (secondary N) is 1. The predicted molar refractivity (Wildman–Crippen MR) is 78.9 cm³/mol. The van der Waals surface area contributed by atoms with E-state index in [9.17, 15) is 0 Å². The summed E-state index contributed by atoms with van der Waals surface area (Å²) in [4.78, 5) is 2.66. The van der Waals surface area contributed by atoms with Gasteiger partial charge < -0.3 is 10.2 Å². The zero-order valence-electron chi connectivity index (χ0n) is 12.5. The van der Waals surface area contributed by atoms with Crippen molar-refractivity contribution >= 4 is 0 Å². The molecule has 2 aliphatic rings. The van der Waals surface area contributed by atoms with Crippen LogP contribution in [0, 0.1) is 5.92 Å². The molecule has 0 aromatic carbocycles. The number of likely N-dealkylation sites (N-methyl/N-ethyl adjacent to an activating group) is 1. The van der Waals surface area contributed by atoms with Gasteiger partial charge in [-0.2, -0.15) is 0 Å². The normalized spacial score (nSPS) is 24.2. The van der Waals surface area contributed by atoms with Crippen molar-refractivity contribution in [3.8, 4) is 0 Å². The molecule has 2 fully saturated rings. The van der Waals surface area contributed by atoms with Crippen LogP contribution in [0.15, 0.2) is 0 Å². The topological polar surface area (TPSA) is 15.3 Å². The van der Waals surface area contributed by atoms with Gasteiger partial charge in [0.15, 0.2) is 0 Å². The van der Waals surface area contributed by atoms with Crippen LogP contribution in [0.25, 0.3) is 0 Å². The maximum Gasteiger partial charge on any atom is 0.0223 e. The Kier molecular flexibility index (Phi) is 5.97. The first-order valence-corrected chi connectivity index (χ1v) is 8.25. The van der Waals surface area contributed by atoms with Gasteiger partial charge in [0, 0.05) is 18.6 Å². The van der Waals surface area contributed by atoms with E-state index < -0.39 is 0 Å². The molecule has 2 rings (SSSR count). The van der Waals surface area contributed by atoms with Crippen LogP contribution in [0.3, 0.4) is 0 Å². The van der Waals surface area contributed by atoms with Gasteiger partial charge in [0.1, 0.15) is 0 Å². The van der Waals surface area contributed by atoms with Crippen molar-refractivity contribution in [1.82, 2.24) is 10.2 Å².